The number of aliphatic hydroxyl groups excluding tert-OH is 1. The summed E-state index contributed by atoms with van der Waals surface area (Å²) in [4.78, 5) is 11.0. The molecule has 0 unspecified atom stereocenters. The fraction of sp³-hybridized carbons (Fsp3) is 0.917. The first-order chi connectivity index (χ1) is 9.01. The molecule has 0 heterocycles. The molecule has 1 aliphatic carbocycles. The van der Waals surface area contributed by atoms with Crippen molar-refractivity contribution in [2.75, 3.05) is 26.0 Å². The van der Waals surface area contributed by atoms with Crippen molar-refractivity contribution >= 4 is 16.0 Å². The van der Waals surface area contributed by atoms with Crippen LogP contribution in [0, 0.1) is 0 Å². The summed E-state index contributed by atoms with van der Waals surface area (Å²) in [6, 6.07) is 0.00952. The van der Waals surface area contributed by atoms with Crippen LogP contribution in [0.1, 0.15) is 38.5 Å². The van der Waals surface area contributed by atoms with Gasteiger partial charge in [0.05, 0.1) is 19.5 Å². The van der Waals surface area contributed by atoms with Crippen LogP contribution in [0.2, 0.25) is 0 Å². The first-order valence-corrected chi connectivity index (χ1v) is 8.29. The lowest BCUT2D eigenvalue weighted by Crippen LogP contribution is -2.42. The van der Waals surface area contributed by atoms with E-state index in [0.29, 0.717) is 0 Å². The van der Waals surface area contributed by atoms with Gasteiger partial charge in [0.2, 0.25) is 10.0 Å². The summed E-state index contributed by atoms with van der Waals surface area (Å²) in [6.45, 7) is -0.0298. The summed E-state index contributed by atoms with van der Waals surface area (Å²) in [5, 5.41) is 9.03. The van der Waals surface area contributed by atoms with E-state index in [1.165, 1.54) is 11.4 Å². The van der Waals surface area contributed by atoms with E-state index in [0.717, 1.165) is 25.7 Å². The van der Waals surface area contributed by atoms with Crippen molar-refractivity contribution in [2.24, 2.45) is 0 Å². The van der Waals surface area contributed by atoms with Crippen LogP contribution in [0.3, 0.4) is 0 Å². The molecule has 0 atom stereocenters. The number of ether oxygens (including phenoxy) is 1. The standard InChI is InChI=1S/C12H23NO5S/c1-18-12(15)7-4-10-19(16,17)13(8-9-14)11-5-2-3-6-11/h11,14H,2-10H2,1H3. The lowest BCUT2D eigenvalue weighted by Gasteiger charge is -2.27. The zero-order chi connectivity index (χ0) is 14.3. The maximum Gasteiger partial charge on any atom is 0.305 e. The summed E-state index contributed by atoms with van der Waals surface area (Å²) >= 11 is 0. The number of carbonyl (C=O) groups is 1. The topological polar surface area (TPSA) is 83.9 Å². The Balaban J connectivity index is 2.57. The van der Waals surface area contributed by atoms with Gasteiger partial charge in [-0.3, -0.25) is 4.79 Å². The summed E-state index contributed by atoms with van der Waals surface area (Å²) in [5.41, 5.74) is 0. The quantitative estimate of drug-likeness (QED) is 0.659. The number of hydrogen-bond donors (Lipinski definition) is 1. The predicted octanol–water partition coefficient (Wildman–Crippen LogP) is 0.506. The van der Waals surface area contributed by atoms with Gasteiger partial charge < -0.3 is 9.84 Å². The number of sulfonamides is 1. The summed E-state index contributed by atoms with van der Waals surface area (Å²) in [7, 11) is -2.12. The van der Waals surface area contributed by atoms with Crippen molar-refractivity contribution in [1.82, 2.24) is 4.31 Å². The molecule has 0 spiro atoms. The second-order valence-corrected chi connectivity index (χ2v) is 6.81. The van der Waals surface area contributed by atoms with Crippen molar-refractivity contribution in [2.45, 2.75) is 44.6 Å². The van der Waals surface area contributed by atoms with E-state index in [4.69, 9.17) is 5.11 Å². The largest absolute Gasteiger partial charge is 0.469 e. The number of rotatable bonds is 8. The van der Waals surface area contributed by atoms with E-state index < -0.39 is 16.0 Å². The third-order valence-electron chi connectivity index (χ3n) is 3.42. The molecule has 1 N–H and O–H groups in total. The molecule has 6 nitrogen and oxygen atoms in total. The fourth-order valence-corrected chi connectivity index (χ4v) is 4.23. The zero-order valence-electron chi connectivity index (χ0n) is 11.4. The maximum atomic E-state index is 12.2. The molecule has 0 aromatic heterocycles. The number of carbonyl (C=O) groups excluding carboxylic acids is 1. The van der Waals surface area contributed by atoms with Gasteiger partial charge in [0.1, 0.15) is 0 Å². The van der Waals surface area contributed by atoms with Gasteiger partial charge in [0, 0.05) is 19.0 Å². The Labute approximate surface area is 114 Å². The summed E-state index contributed by atoms with van der Waals surface area (Å²) in [5.74, 6) is -0.469. The molecule has 112 valence electrons. The molecule has 0 radical (unpaired) electrons. The van der Waals surface area contributed by atoms with E-state index >= 15 is 0 Å². The van der Waals surface area contributed by atoms with Gasteiger partial charge in [-0.05, 0) is 19.3 Å². The number of nitrogens with zero attached hydrogens (tertiary/aromatic N) is 1. The van der Waals surface area contributed by atoms with E-state index in [-0.39, 0.29) is 37.8 Å². The highest BCUT2D eigenvalue weighted by Gasteiger charge is 2.31. The average Bonchev–Trinajstić information content (AvgIpc) is 2.88. The van der Waals surface area contributed by atoms with Gasteiger partial charge >= 0.3 is 5.97 Å². The van der Waals surface area contributed by atoms with Crippen molar-refractivity contribution in [1.29, 1.82) is 0 Å². The Kier molecular flexibility index (Phi) is 6.74. The molecule has 0 aromatic carbocycles. The molecule has 1 aliphatic rings. The molecule has 0 aromatic rings. The Morgan fingerprint density at radius 1 is 1.37 bits per heavy atom. The van der Waals surface area contributed by atoms with E-state index in [1.807, 2.05) is 0 Å². The minimum absolute atomic E-state index is 0.00952. The molecule has 0 saturated heterocycles. The maximum absolute atomic E-state index is 12.2. The van der Waals surface area contributed by atoms with Gasteiger partial charge in [-0.2, -0.15) is 4.31 Å². The molecule has 19 heavy (non-hydrogen) atoms. The van der Waals surface area contributed by atoms with E-state index in [2.05, 4.69) is 4.74 Å². The molecule has 1 saturated carbocycles. The van der Waals surface area contributed by atoms with Crippen molar-refractivity contribution in [3.8, 4) is 0 Å². The average molecular weight is 293 g/mol. The lowest BCUT2D eigenvalue weighted by atomic mass is 10.2. The molecule has 0 amide bonds. The predicted molar refractivity (Wildman–Crippen MR) is 71.1 cm³/mol. The van der Waals surface area contributed by atoms with Gasteiger partial charge in [-0.1, -0.05) is 12.8 Å². The molecular formula is C12H23NO5S. The Morgan fingerprint density at radius 2 is 2.00 bits per heavy atom. The fourth-order valence-electron chi connectivity index (χ4n) is 2.46. The highest BCUT2D eigenvalue weighted by molar-refractivity contribution is 7.89. The van der Waals surface area contributed by atoms with Crippen LogP contribution >= 0.6 is 0 Å². The van der Waals surface area contributed by atoms with Gasteiger partial charge in [-0.15, -0.1) is 0 Å². The van der Waals surface area contributed by atoms with Gasteiger partial charge in [0.15, 0.2) is 0 Å². The minimum Gasteiger partial charge on any atom is -0.469 e. The Morgan fingerprint density at radius 3 is 2.53 bits per heavy atom. The minimum atomic E-state index is -3.41. The monoisotopic (exact) mass is 293 g/mol. The van der Waals surface area contributed by atoms with E-state index in [1.54, 1.807) is 0 Å². The highest BCUT2D eigenvalue weighted by atomic mass is 32.2. The molecular weight excluding hydrogens is 270 g/mol. The van der Waals surface area contributed by atoms with Crippen LogP contribution in [0.4, 0.5) is 0 Å². The number of aliphatic hydroxyl groups is 1. The number of esters is 1. The lowest BCUT2D eigenvalue weighted by molar-refractivity contribution is -0.140. The first-order valence-electron chi connectivity index (χ1n) is 6.68. The SMILES string of the molecule is COC(=O)CCCS(=O)(=O)N(CCO)C1CCCC1. The van der Waals surface area contributed by atoms with Crippen molar-refractivity contribution in [3.05, 3.63) is 0 Å². The molecule has 1 rings (SSSR count). The Hall–Kier alpha value is -0.660. The molecule has 0 bridgehead atoms. The summed E-state index contributed by atoms with van der Waals surface area (Å²) in [6.07, 6.45) is 4.14. The smallest absolute Gasteiger partial charge is 0.305 e. The number of hydrogen-bond acceptors (Lipinski definition) is 5. The van der Waals surface area contributed by atoms with Crippen LogP contribution in [0.25, 0.3) is 0 Å². The third-order valence-corrected chi connectivity index (χ3v) is 5.42. The molecule has 1 fully saturated rings. The van der Waals surface area contributed by atoms with Gasteiger partial charge in [0.25, 0.3) is 0 Å². The Bertz CT molecular complexity index is 376. The van der Waals surface area contributed by atoms with Crippen LogP contribution in [-0.2, 0) is 19.6 Å². The van der Waals surface area contributed by atoms with Crippen LogP contribution < -0.4 is 0 Å². The van der Waals surface area contributed by atoms with Crippen LogP contribution in [-0.4, -0.2) is 55.9 Å². The van der Waals surface area contributed by atoms with Gasteiger partial charge in [-0.25, -0.2) is 8.42 Å². The third kappa shape index (κ3) is 5.08. The van der Waals surface area contributed by atoms with Crippen LogP contribution in [0.5, 0.6) is 0 Å². The first kappa shape index (κ1) is 16.4. The second-order valence-electron chi connectivity index (χ2n) is 4.77. The zero-order valence-corrected chi connectivity index (χ0v) is 12.2. The number of methoxy groups -OCH3 is 1. The van der Waals surface area contributed by atoms with Crippen molar-refractivity contribution < 1.29 is 23.1 Å². The van der Waals surface area contributed by atoms with Crippen LogP contribution in [0.15, 0.2) is 0 Å². The normalized spacial score (nSPS) is 17.0. The molecule has 0 aliphatic heterocycles. The highest BCUT2D eigenvalue weighted by Crippen LogP contribution is 2.25. The van der Waals surface area contributed by atoms with E-state index in [9.17, 15) is 13.2 Å². The molecule has 7 heteroatoms. The summed E-state index contributed by atoms with van der Waals surface area (Å²) < 4.78 is 30.4. The van der Waals surface area contributed by atoms with Crippen molar-refractivity contribution in [3.63, 3.8) is 0 Å². The second kappa shape index (κ2) is 7.81.